The summed E-state index contributed by atoms with van der Waals surface area (Å²) in [6.45, 7) is -3.44. The van der Waals surface area contributed by atoms with E-state index in [-0.39, 0.29) is 0 Å². The molecule has 0 amide bonds. The third-order valence-corrected chi connectivity index (χ3v) is 6.01. The van der Waals surface area contributed by atoms with Crippen LogP contribution in [0.5, 0.6) is 0 Å². The van der Waals surface area contributed by atoms with E-state index >= 15 is 0 Å². The Hall–Kier alpha value is 1.24. The third kappa shape index (κ3) is 2.69. The van der Waals surface area contributed by atoms with Crippen LogP contribution in [0.4, 0.5) is 0 Å². The van der Waals surface area contributed by atoms with Gasteiger partial charge in [0.1, 0.15) is 0 Å². The summed E-state index contributed by atoms with van der Waals surface area (Å²) in [7, 11) is 9.83. The minimum atomic E-state index is -3.44. The van der Waals surface area contributed by atoms with E-state index in [1.165, 1.54) is 0 Å². The fraction of sp³-hybridized carbons (Fsp3) is 1.00. The van der Waals surface area contributed by atoms with Gasteiger partial charge in [-0.2, -0.15) is 0 Å². The van der Waals surface area contributed by atoms with Crippen molar-refractivity contribution in [3.8, 4) is 0 Å². The van der Waals surface area contributed by atoms with Gasteiger partial charge < -0.3 is 14.3 Å². The zero-order chi connectivity index (χ0) is 6.78. The van der Waals surface area contributed by atoms with E-state index in [1.807, 2.05) is 0 Å². The summed E-state index contributed by atoms with van der Waals surface area (Å²) in [5, 5.41) is 0. The highest BCUT2D eigenvalue weighted by Crippen LogP contribution is 2.45. The quantitative estimate of drug-likeness (QED) is 0.624. The molecule has 0 bridgehead atoms. The summed E-state index contributed by atoms with van der Waals surface area (Å²) in [6, 6.07) is 0. The van der Waals surface area contributed by atoms with Crippen LogP contribution in [-0.4, -0.2) is 16.9 Å². The monoisotopic (exact) mass is 198 g/mol. The van der Waals surface area contributed by atoms with Crippen molar-refractivity contribution in [2.45, 2.75) is 0 Å². The summed E-state index contributed by atoms with van der Waals surface area (Å²) in [5.74, 6) is 0. The Labute approximate surface area is 58.4 Å². The van der Waals surface area contributed by atoms with Crippen molar-refractivity contribution < 1.29 is 14.3 Å². The van der Waals surface area contributed by atoms with Crippen molar-refractivity contribution in [3.63, 3.8) is 0 Å². The summed E-state index contributed by atoms with van der Waals surface area (Å²) in [4.78, 5) is 17.2. The Morgan fingerprint density at radius 1 is 1.50 bits per heavy atom. The molecule has 2 N–H and O–H groups in total. The van der Waals surface area contributed by atoms with Gasteiger partial charge in [-0.3, -0.25) is 0 Å². The Bertz CT molecular complexity index is 125. The van der Waals surface area contributed by atoms with Crippen molar-refractivity contribution >= 4 is 36.6 Å². The van der Waals surface area contributed by atoms with Crippen LogP contribution < -0.4 is 0 Å². The van der Waals surface area contributed by atoms with Gasteiger partial charge >= 0.3 is 6.72 Å². The molecule has 0 unspecified atom stereocenters. The van der Waals surface area contributed by atoms with Crippen LogP contribution in [0.1, 0.15) is 0 Å². The minimum Gasteiger partial charge on any atom is -0.327 e. The molecule has 7 heteroatoms. The average Bonchev–Trinajstić information content (AvgIpc) is 1.67. The first-order valence-electron chi connectivity index (χ1n) is 1.48. The summed E-state index contributed by atoms with van der Waals surface area (Å²) in [5.41, 5.74) is 0. The molecule has 0 saturated carbocycles. The summed E-state index contributed by atoms with van der Waals surface area (Å²) in [6.07, 6.45) is 0. The Morgan fingerprint density at radius 3 is 1.88 bits per heavy atom. The Balaban J connectivity index is 4.33. The van der Waals surface area contributed by atoms with E-state index in [2.05, 4.69) is 4.52 Å². The molecule has 3 nitrogen and oxygen atoms in total. The smallest absolute Gasteiger partial charge is 0.308 e. The lowest BCUT2D eigenvalue weighted by Gasteiger charge is -2.06. The average molecular weight is 199 g/mol. The molecule has 0 rings (SSSR count). The molecule has 0 aliphatic carbocycles. The zero-order valence-electron chi connectivity index (χ0n) is 3.91. The van der Waals surface area contributed by atoms with Crippen molar-refractivity contribution in [2.75, 3.05) is 7.11 Å². The van der Waals surface area contributed by atoms with Crippen LogP contribution >= 0.6 is 28.1 Å². The highest BCUT2D eigenvalue weighted by molar-refractivity contribution is 8.53. The molecule has 0 aliphatic rings. The number of halogens is 2. The molecule has 0 saturated heterocycles. The molecule has 0 radical (unpaired) electrons. The maximum Gasteiger partial charge on any atom is 0.308 e. The van der Waals surface area contributed by atoms with Crippen LogP contribution in [0.15, 0.2) is 0 Å². The number of hydrogen-bond donors (Lipinski definition) is 2. The van der Waals surface area contributed by atoms with E-state index in [0.29, 0.717) is 0 Å². The standard InChI is InChI=1S/CH5Cl2O3PS/c1-6-7(4,5)8(2)3/h4-5H,1H3. The van der Waals surface area contributed by atoms with E-state index in [9.17, 15) is 0 Å². The van der Waals surface area contributed by atoms with Crippen LogP contribution in [0.25, 0.3) is 0 Å². The minimum absolute atomic E-state index is 1.14. The van der Waals surface area contributed by atoms with Gasteiger partial charge in [0.15, 0.2) is 0 Å². The lowest BCUT2D eigenvalue weighted by Crippen LogP contribution is -1.82. The van der Waals surface area contributed by atoms with Crippen molar-refractivity contribution in [1.29, 1.82) is 0 Å². The van der Waals surface area contributed by atoms with Crippen molar-refractivity contribution in [2.24, 2.45) is 0 Å². The molecule has 8 heavy (non-hydrogen) atoms. The highest BCUT2D eigenvalue weighted by atomic mass is 36.0. The molecule has 0 aromatic carbocycles. The molecule has 0 aliphatic heterocycles. The second kappa shape index (κ2) is 3.42. The van der Waals surface area contributed by atoms with Crippen LogP contribution in [0, 0.1) is 0 Å². The maximum absolute atomic E-state index is 8.59. The fourth-order valence-corrected chi connectivity index (χ4v) is 1.52. The third-order valence-electron chi connectivity index (χ3n) is 0.418. The van der Waals surface area contributed by atoms with Crippen LogP contribution in [0.3, 0.4) is 0 Å². The van der Waals surface area contributed by atoms with Crippen molar-refractivity contribution in [3.05, 3.63) is 0 Å². The molecule has 0 atom stereocenters. The van der Waals surface area contributed by atoms with Gasteiger partial charge in [-0.1, -0.05) is 0 Å². The van der Waals surface area contributed by atoms with Gasteiger partial charge in [-0.25, -0.2) is 0 Å². The van der Waals surface area contributed by atoms with Crippen LogP contribution in [0.2, 0.25) is 0 Å². The van der Waals surface area contributed by atoms with Gasteiger partial charge in [-0.05, 0) is 21.4 Å². The molecular formula is CH5Cl2O3PS. The normalized spacial score (nSPS) is 12.8. The molecule has 0 fully saturated rings. The second-order valence-corrected chi connectivity index (χ2v) is 8.75. The lowest BCUT2D eigenvalue weighted by atomic mass is 11.8. The first-order valence-corrected chi connectivity index (χ1v) is 6.58. The predicted molar refractivity (Wildman–Crippen MR) is 37.4 cm³/mol. The highest BCUT2D eigenvalue weighted by Gasteiger charge is 2.11. The van der Waals surface area contributed by atoms with Crippen molar-refractivity contribution in [1.82, 2.24) is 0 Å². The van der Waals surface area contributed by atoms with E-state index in [0.717, 1.165) is 7.11 Å². The van der Waals surface area contributed by atoms with Gasteiger partial charge in [0.25, 0.3) is 0 Å². The molecule has 52 valence electrons. The number of hydrogen-bond acceptors (Lipinski definition) is 1. The first-order chi connectivity index (χ1) is 3.50. The second-order valence-electron chi connectivity index (χ2n) is 0.869. The maximum atomic E-state index is 8.59. The van der Waals surface area contributed by atoms with E-state index < -0.39 is 15.2 Å². The molecule has 0 spiro atoms. The summed E-state index contributed by atoms with van der Waals surface area (Å²) < 4.78 is 4.17. The Kier molecular flexibility index (Phi) is 3.95. The zero-order valence-corrected chi connectivity index (χ0v) is 7.14. The topological polar surface area (TPSA) is 49.7 Å². The molecule has 0 aromatic heterocycles. The molecular weight excluding hydrogens is 194 g/mol. The fourth-order valence-electron chi connectivity index (χ4n) is 0.0563. The SMILES string of the molecule is COP(O)(O)=S(Cl)Cl. The molecule has 0 heterocycles. The largest absolute Gasteiger partial charge is 0.327 e. The first kappa shape index (κ1) is 9.24. The number of rotatable bonds is 1. The summed E-state index contributed by atoms with van der Waals surface area (Å²) >= 11 is 0. The van der Waals surface area contributed by atoms with Gasteiger partial charge in [0, 0.05) is 7.11 Å². The molecule has 0 aromatic rings. The predicted octanol–water partition coefficient (Wildman–Crippen LogP) is 1.22. The Morgan fingerprint density at radius 2 is 1.88 bits per heavy atom. The van der Waals surface area contributed by atoms with E-state index in [1.54, 1.807) is 0 Å². The van der Waals surface area contributed by atoms with Gasteiger partial charge in [-0.15, -0.1) is 0 Å². The van der Waals surface area contributed by atoms with E-state index in [4.69, 9.17) is 31.2 Å². The van der Waals surface area contributed by atoms with Gasteiger partial charge in [0.2, 0.25) is 0 Å². The lowest BCUT2D eigenvalue weighted by molar-refractivity contribution is 0.306. The van der Waals surface area contributed by atoms with Crippen LogP contribution in [-0.2, 0) is 13.0 Å². The van der Waals surface area contributed by atoms with Gasteiger partial charge in [0.05, 0.1) is 8.50 Å².